The third-order valence-electron chi connectivity index (χ3n) is 5.73. The van der Waals surface area contributed by atoms with Crippen LogP contribution in [-0.4, -0.2) is 42.9 Å². The van der Waals surface area contributed by atoms with Gasteiger partial charge in [-0.05, 0) is 31.7 Å². The minimum atomic E-state index is -5.19. The number of aromatic nitrogens is 4. The van der Waals surface area contributed by atoms with Gasteiger partial charge in [0.1, 0.15) is 5.82 Å². The topological polar surface area (TPSA) is 126 Å². The number of unbranched alkanes of at least 4 members (excludes halogenated alkanes) is 1. The number of aryl methyl sites for hydroxylation is 1. The van der Waals surface area contributed by atoms with Crippen molar-refractivity contribution < 1.29 is 32.3 Å². The first-order valence-electron chi connectivity index (χ1n) is 11.8. The molecule has 11 nitrogen and oxygen atoms in total. The van der Waals surface area contributed by atoms with Gasteiger partial charge < -0.3 is 14.1 Å². The summed E-state index contributed by atoms with van der Waals surface area (Å²) in [5, 5.41) is 0. The number of fused-ring (bicyclic) bond motifs is 1. The predicted molar refractivity (Wildman–Crippen MR) is 129 cm³/mol. The van der Waals surface area contributed by atoms with Crippen molar-refractivity contribution in [1.29, 1.82) is 0 Å². The molecule has 206 valence electrons. The third kappa shape index (κ3) is 6.88. The van der Waals surface area contributed by atoms with Crippen LogP contribution in [0.15, 0.2) is 39.9 Å². The molecule has 0 fully saturated rings. The van der Waals surface area contributed by atoms with Crippen molar-refractivity contribution in [2.24, 2.45) is 7.05 Å². The molecule has 0 bridgehead atoms. The zero-order valence-corrected chi connectivity index (χ0v) is 21.1. The van der Waals surface area contributed by atoms with Gasteiger partial charge in [0.05, 0.1) is 12.6 Å². The second-order valence-corrected chi connectivity index (χ2v) is 8.69. The van der Waals surface area contributed by atoms with Crippen molar-refractivity contribution in [2.75, 3.05) is 0 Å². The number of hydroxylamine groups is 1. The lowest BCUT2D eigenvalue weighted by Gasteiger charge is -2.13. The number of carbonyl (C=O) groups is 2. The fourth-order valence-electron chi connectivity index (χ4n) is 3.95. The highest BCUT2D eigenvalue weighted by Gasteiger charge is 2.41. The highest BCUT2D eigenvalue weighted by molar-refractivity contribution is 5.75. The van der Waals surface area contributed by atoms with Crippen molar-refractivity contribution in [2.45, 2.75) is 65.0 Å². The quantitative estimate of drug-likeness (QED) is 0.223. The molecule has 0 radical (unpaired) electrons. The third-order valence-corrected chi connectivity index (χ3v) is 5.73. The Labute approximate surface area is 214 Å². The van der Waals surface area contributed by atoms with Crippen molar-refractivity contribution >= 4 is 23.1 Å². The van der Waals surface area contributed by atoms with Crippen molar-refractivity contribution in [3.63, 3.8) is 0 Å². The van der Waals surface area contributed by atoms with Crippen LogP contribution in [0.1, 0.15) is 44.5 Å². The summed E-state index contributed by atoms with van der Waals surface area (Å²) in [7, 11) is 1.43. The smallest absolute Gasteiger partial charge is 0.463 e. The van der Waals surface area contributed by atoms with E-state index in [-0.39, 0.29) is 36.2 Å². The highest BCUT2D eigenvalue weighted by atomic mass is 19.4. The van der Waals surface area contributed by atoms with Crippen molar-refractivity contribution in [1.82, 2.24) is 24.2 Å². The Morgan fingerprint density at radius 1 is 1.11 bits per heavy atom. The number of ether oxygens (including phenoxy) is 1. The molecule has 0 aliphatic carbocycles. The summed E-state index contributed by atoms with van der Waals surface area (Å²) in [5.74, 6) is -2.74. The summed E-state index contributed by atoms with van der Waals surface area (Å²) in [6.45, 7) is 2.83. The maximum Gasteiger partial charge on any atom is 0.492 e. The average molecular weight is 540 g/mol. The predicted octanol–water partition coefficient (Wildman–Crippen LogP) is 2.18. The number of benzene rings is 1. The van der Waals surface area contributed by atoms with Crippen LogP contribution in [0.4, 0.5) is 13.2 Å². The van der Waals surface area contributed by atoms with Gasteiger partial charge in [-0.3, -0.25) is 18.7 Å². The Bertz CT molecular complexity index is 1410. The first-order chi connectivity index (χ1) is 17.9. The fourth-order valence-corrected chi connectivity index (χ4v) is 3.95. The number of halogens is 3. The van der Waals surface area contributed by atoms with E-state index in [2.05, 4.69) is 9.82 Å². The molecule has 0 saturated heterocycles. The summed E-state index contributed by atoms with van der Waals surface area (Å²) in [5.41, 5.74) is 1.60. The Kier molecular flexibility index (Phi) is 9.09. The number of hydrogen-bond acceptors (Lipinski definition) is 8. The van der Waals surface area contributed by atoms with E-state index in [0.717, 1.165) is 10.1 Å². The van der Waals surface area contributed by atoms with Crippen molar-refractivity contribution in [3.05, 3.63) is 62.6 Å². The van der Waals surface area contributed by atoms with E-state index in [0.29, 0.717) is 19.3 Å². The maximum absolute atomic E-state index is 13.5. The van der Waals surface area contributed by atoms with E-state index in [4.69, 9.17) is 4.74 Å². The lowest BCUT2D eigenvalue weighted by atomic mass is 10.1. The monoisotopic (exact) mass is 539 g/mol. The lowest BCUT2D eigenvalue weighted by molar-refractivity contribution is -0.207. The van der Waals surface area contributed by atoms with Crippen LogP contribution in [0.2, 0.25) is 0 Å². The first kappa shape index (κ1) is 28.6. The molecule has 0 unspecified atom stereocenters. The average Bonchev–Trinajstić information content (AvgIpc) is 3.20. The van der Waals surface area contributed by atoms with E-state index in [1.165, 1.54) is 23.1 Å². The number of esters is 1. The van der Waals surface area contributed by atoms with Gasteiger partial charge in [-0.2, -0.15) is 13.2 Å². The van der Waals surface area contributed by atoms with Gasteiger partial charge in [-0.1, -0.05) is 30.3 Å². The van der Waals surface area contributed by atoms with Crippen LogP contribution < -0.4 is 16.7 Å². The first-order valence-corrected chi connectivity index (χ1v) is 11.8. The van der Waals surface area contributed by atoms with Gasteiger partial charge in [-0.25, -0.2) is 14.6 Å². The van der Waals surface area contributed by atoms with Gasteiger partial charge in [0, 0.05) is 27.1 Å². The second-order valence-electron chi connectivity index (χ2n) is 8.69. The number of carbonyl (C=O) groups excluding carboxylic acids is 2. The lowest BCUT2D eigenvalue weighted by Crippen LogP contribution is -2.39. The Morgan fingerprint density at radius 2 is 1.79 bits per heavy atom. The molecule has 0 spiro atoms. The van der Waals surface area contributed by atoms with E-state index in [1.807, 2.05) is 5.48 Å². The van der Waals surface area contributed by atoms with Gasteiger partial charge in [0.2, 0.25) is 0 Å². The number of nitrogens with zero attached hydrogens (tertiary/aromatic N) is 4. The number of alkyl halides is 3. The largest absolute Gasteiger partial charge is 0.492 e. The zero-order chi connectivity index (χ0) is 28.0. The molecule has 38 heavy (non-hydrogen) atoms. The van der Waals surface area contributed by atoms with E-state index in [9.17, 15) is 32.3 Å². The molecule has 1 N–H and O–H groups in total. The number of hydrogen-bond donors (Lipinski definition) is 1. The normalized spacial score (nSPS) is 12.5. The second kappa shape index (κ2) is 12.1. The molecule has 0 amide bonds. The Hall–Kier alpha value is -3.94. The molecule has 0 saturated carbocycles. The minimum Gasteiger partial charge on any atom is -0.463 e. The van der Waals surface area contributed by atoms with Crippen LogP contribution in [0.5, 0.6) is 0 Å². The molecule has 1 aromatic carbocycles. The van der Waals surface area contributed by atoms with Crippen molar-refractivity contribution in [3.8, 4) is 0 Å². The zero-order valence-electron chi connectivity index (χ0n) is 21.1. The van der Waals surface area contributed by atoms with Crippen LogP contribution in [0.25, 0.3) is 11.2 Å². The van der Waals surface area contributed by atoms with Crippen LogP contribution >= 0.6 is 0 Å². The fraction of sp³-hybridized carbons (Fsp3) is 0.458. The number of nitrogens with one attached hydrogen (secondary N) is 1. The Balaban J connectivity index is 1.94. The molecule has 3 rings (SSSR count). The summed E-state index contributed by atoms with van der Waals surface area (Å²) < 4.78 is 46.3. The molecule has 14 heteroatoms. The maximum atomic E-state index is 13.5. The molecule has 2 aromatic heterocycles. The Morgan fingerprint density at radius 3 is 2.42 bits per heavy atom. The molecule has 1 atom stereocenters. The van der Waals surface area contributed by atoms with Crippen LogP contribution in [-0.2, 0) is 45.8 Å². The molecule has 0 aliphatic heterocycles. The standard InChI is InChI=1S/C24H28F3N5O6/c1-15(37-16(2)33)9-7-8-12-31-21(34)19-20(30(3)23(31)36)29-18(13-28-38-22(35)24(25,26)27)32(19)14-17-10-5-4-6-11-17/h4-6,10-11,15,28H,7-9,12-14H2,1-3H3/t15-/m1/s1. The van der Waals surface area contributed by atoms with Gasteiger partial charge >= 0.3 is 23.8 Å². The minimum absolute atomic E-state index is 0.0367. The summed E-state index contributed by atoms with van der Waals surface area (Å²) in [6.07, 6.45) is -3.89. The number of imidazole rings is 1. The molecular weight excluding hydrogens is 511 g/mol. The highest BCUT2D eigenvalue weighted by Crippen LogP contribution is 2.17. The molecule has 3 aromatic rings. The molecule has 2 heterocycles. The van der Waals surface area contributed by atoms with Gasteiger partial charge in [0.25, 0.3) is 5.56 Å². The molecular formula is C24H28F3N5O6. The molecule has 0 aliphatic rings. The van der Waals surface area contributed by atoms with Crippen LogP contribution in [0.3, 0.4) is 0 Å². The van der Waals surface area contributed by atoms with Gasteiger partial charge in [-0.15, -0.1) is 5.48 Å². The van der Waals surface area contributed by atoms with E-state index < -0.39 is 35.9 Å². The summed E-state index contributed by atoms with van der Waals surface area (Å²) >= 11 is 0. The summed E-state index contributed by atoms with van der Waals surface area (Å²) in [6, 6.07) is 8.94. The van der Waals surface area contributed by atoms with Gasteiger partial charge in [0.15, 0.2) is 11.2 Å². The summed E-state index contributed by atoms with van der Waals surface area (Å²) in [4.78, 5) is 57.0. The number of rotatable bonds is 11. The van der Waals surface area contributed by atoms with E-state index >= 15 is 0 Å². The van der Waals surface area contributed by atoms with Crippen LogP contribution in [0, 0.1) is 0 Å². The van der Waals surface area contributed by atoms with E-state index in [1.54, 1.807) is 37.3 Å². The SMILES string of the molecule is CC(=O)O[C@H](C)CCCCn1c(=O)c2c(nc(CNOC(=O)C(F)(F)F)n2Cc2ccccc2)n(C)c1=O.